The molecule has 0 saturated carbocycles. The topological polar surface area (TPSA) is 41.4 Å². The molecule has 4 heterocycles. The molecule has 1 amide bonds. The van der Waals surface area contributed by atoms with Gasteiger partial charge in [-0.15, -0.1) is 11.3 Å². The van der Waals surface area contributed by atoms with E-state index >= 15 is 0 Å². The highest BCUT2D eigenvalue weighted by Crippen LogP contribution is 2.38. The minimum Gasteiger partial charge on any atom is -0.336 e. The Kier molecular flexibility index (Phi) is 4.33. The van der Waals surface area contributed by atoms with Gasteiger partial charge in [0, 0.05) is 31.7 Å². The normalized spacial score (nSPS) is 22.4. The number of benzene rings is 1. The molecule has 3 aromatic rings. The molecule has 1 aromatic carbocycles. The number of carbonyl (C=O) groups is 1. The van der Waals surface area contributed by atoms with Crippen molar-refractivity contribution in [1.82, 2.24) is 19.4 Å². The number of fused-ring (bicyclic) bond motifs is 2. The lowest BCUT2D eigenvalue weighted by Gasteiger charge is -2.49. The Labute approximate surface area is 169 Å². The van der Waals surface area contributed by atoms with Crippen molar-refractivity contribution in [2.45, 2.75) is 24.9 Å². The Morgan fingerprint density at radius 2 is 2.00 bits per heavy atom. The van der Waals surface area contributed by atoms with Gasteiger partial charge in [0.15, 0.2) is 0 Å². The van der Waals surface area contributed by atoms with Crippen molar-refractivity contribution >= 4 is 17.2 Å². The lowest BCUT2D eigenvalue weighted by Crippen LogP contribution is -2.58. The number of carbonyl (C=O) groups excluding carboxylic acids is 1. The summed E-state index contributed by atoms with van der Waals surface area (Å²) in [6.45, 7) is 3.40. The van der Waals surface area contributed by atoms with Gasteiger partial charge in [-0.1, -0.05) is 36.4 Å². The number of piperidine rings is 1. The number of hydrogen-bond donors (Lipinski definition) is 0. The second-order valence-electron chi connectivity index (χ2n) is 7.98. The molecule has 0 aliphatic carbocycles. The Hall–Kier alpha value is -2.44. The molecule has 2 aromatic heterocycles. The van der Waals surface area contributed by atoms with Crippen LogP contribution in [0.1, 0.15) is 28.2 Å². The molecule has 1 unspecified atom stereocenters. The van der Waals surface area contributed by atoms with E-state index in [2.05, 4.69) is 40.8 Å². The van der Waals surface area contributed by atoms with Gasteiger partial charge in [0.1, 0.15) is 0 Å². The highest BCUT2D eigenvalue weighted by Gasteiger charge is 2.44. The lowest BCUT2D eigenvalue weighted by molar-refractivity contribution is 0.0328. The summed E-state index contributed by atoms with van der Waals surface area (Å²) in [6, 6.07) is 14.3. The molecule has 0 radical (unpaired) electrons. The molecule has 1 fully saturated rings. The first kappa shape index (κ1) is 17.6. The van der Waals surface area contributed by atoms with Crippen LogP contribution in [-0.4, -0.2) is 51.9 Å². The lowest BCUT2D eigenvalue weighted by atomic mass is 9.85. The highest BCUT2D eigenvalue weighted by atomic mass is 32.1. The fourth-order valence-electron chi connectivity index (χ4n) is 4.83. The largest absolute Gasteiger partial charge is 0.336 e. The first-order valence-electron chi connectivity index (χ1n) is 9.80. The molecule has 2 aliphatic rings. The van der Waals surface area contributed by atoms with Gasteiger partial charge in [-0.3, -0.25) is 9.69 Å². The first-order chi connectivity index (χ1) is 13.7. The summed E-state index contributed by atoms with van der Waals surface area (Å²) in [5, 5.41) is 1.97. The van der Waals surface area contributed by atoms with E-state index in [0.717, 1.165) is 55.2 Å². The van der Waals surface area contributed by atoms with E-state index in [1.807, 2.05) is 34.8 Å². The fourth-order valence-corrected chi connectivity index (χ4v) is 5.52. The van der Waals surface area contributed by atoms with Crippen LogP contribution in [0.5, 0.6) is 0 Å². The predicted molar refractivity (Wildman–Crippen MR) is 111 cm³/mol. The average Bonchev–Trinajstić information content (AvgIpc) is 3.38. The minimum atomic E-state index is -0.104. The number of likely N-dealkylation sites (N-methyl/N-ethyl adjacent to an activating group) is 1. The predicted octanol–water partition coefficient (Wildman–Crippen LogP) is 3.69. The van der Waals surface area contributed by atoms with Crippen molar-refractivity contribution in [3.8, 4) is 11.3 Å². The molecular formula is C22H24N4OS. The summed E-state index contributed by atoms with van der Waals surface area (Å²) in [5.74, 6) is 0.159. The highest BCUT2D eigenvalue weighted by molar-refractivity contribution is 7.12. The van der Waals surface area contributed by atoms with E-state index in [9.17, 15) is 4.79 Å². The summed E-state index contributed by atoms with van der Waals surface area (Å²) in [7, 11) is 2.17. The second-order valence-corrected chi connectivity index (χ2v) is 8.93. The fraction of sp³-hybridized carbons (Fsp3) is 0.364. The van der Waals surface area contributed by atoms with Crippen LogP contribution in [-0.2, 0) is 12.1 Å². The van der Waals surface area contributed by atoms with Crippen LogP contribution >= 0.6 is 11.3 Å². The molecule has 1 saturated heterocycles. The van der Waals surface area contributed by atoms with Gasteiger partial charge in [0.2, 0.25) is 0 Å². The van der Waals surface area contributed by atoms with E-state index < -0.39 is 0 Å². The summed E-state index contributed by atoms with van der Waals surface area (Å²) >= 11 is 1.53. The molecule has 1 atom stereocenters. The van der Waals surface area contributed by atoms with Crippen LogP contribution in [0.4, 0.5) is 0 Å². The molecular weight excluding hydrogens is 368 g/mol. The van der Waals surface area contributed by atoms with E-state index in [1.54, 1.807) is 0 Å². The number of amides is 1. The molecule has 2 aliphatic heterocycles. The SMILES string of the molecule is CN1Cc2c(-c3ccccc3)ncn2C2(CCCN(C(=O)c3cccs3)C2)C1. The molecule has 0 N–H and O–H groups in total. The number of imidazole rings is 1. The second kappa shape index (κ2) is 6.87. The van der Waals surface area contributed by atoms with Crippen LogP contribution in [0, 0.1) is 0 Å². The zero-order valence-electron chi connectivity index (χ0n) is 16.0. The zero-order chi connectivity index (χ0) is 19.1. The van der Waals surface area contributed by atoms with Crippen molar-refractivity contribution in [3.63, 3.8) is 0 Å². The average molecular weight is 393 g/mol. The quantitative estimate of drug-likeness (QED) is 0.668. The van der Waals surface area contributed by atoms with Gasteiger partial charge in [0.05, 0.1) is 28.1 Å². The van der Waals surface area contributed by atoms with E-state index in [4.69, 9.17) is 4.98 Å². The molecule has 5 nitrogen and oxygen atoms in total. The maximum atomic E-state index is 13.0. The molecule has 6 heteroatoms. The molecule has 1 spiro atoms. The molecule has 0 bridgehead atoms. The van der Waals surface area contributed by atoms with Gasteiger partial charge in [-0.25, -0.2) is 4.98 Å². The van der Waals surface area contributed by atoms with Crippen LogP contribution in [0.3, 0.4) is 0 Å². The molecule has 5 rings (SSSR count). The van der Waals surface area contributed by atoms with E-state index in [0.29, 0.717) is 0 Å². The minimum absolute atomic E-state index is 0.104. The maximum absolute atomic E-state index is 13.0. The Balaban J connectivity index is 1.52. The Morgan fingerprint density at radius 3 is 2.79 bits per heavy atom. The molecule has 144 valence electrons. The summed E-state index contributed by atoms with van der Waals surface area (Å²) in [5.41, 5.74) is 3.37. The third kappa shape index (κ3) is 2.88. The van der Waals surface area contributed by atoms with Crippen molar-refractivity contribution < 1.29 is 4.79 Å². The number of nitrogens with zero attached hydrogens (tertiary/aromatic N) is 4. The number of rotatable bonds is 2. The smallest absolute Gasteiger partial charge is 0.263 e. The number of thiophene rings is 1. The van der Waals surface area contributed by atoms with Gasteiger partial charge in [-0.05, 0) is 31.3 Å². The van der Waals surface area contributed by atoms with Crippen molar-refractivity contribution in [2.75, 3.05) is 26.7 Å². The van der Waals surface area contributed by atoms with Crippen molar-refractivity contribution in [2.24, 2.45) is 0 Å². The van der Waals surface area contributed by atoms with Crippen molar-refractivity contribution in [1.29, 1.82) is 0 Å². The van der Waals surface area contributed by atoms with Crippen molar-refractivity contribution in [3.05, 3.63) is 64.7 Å². The number of aromatic nitrogens is 2. The van der Waals surface area contributed by atoms with Gasteiger partial charge in [-0.2, -0.15) is 0 Å². The summed E-state index contributed by atoms with van der Waals surface area (Å²) < 4.78 is 2.38. The Bertz CT molecular complexity index is 981. The third-order valence-corrected chi connectivity index (χ3v) is 6.84. The summed E-state index contributed by atoms with van der Waals surface area (Å²) in [4.78, 5) is 23.1. The number of likely N-dealkylation sites (tertiary alicyclic amines) is 1. The third-order valence-electron chi connectivity index (χ3n) is 5.98. The summed E-state index contributed by atoms with van der Waals surface area (Å²) in [6.07, 6.45) is 4.09. The van der Waals surface area contributed by atoms with E-state index in [-0.39, 0.29) is 11.4 Å². The first-order valence-corrected chi connectivity index (χ1v) is 10.7. The van der Waals surface area contributed by atoms with Gasteiger partial charge in [0.25, 0.3) is 5.91 Å². The standard InChI is InChI=1S/C22H24N4OS/c1-24-13-18-20(17-7-3-2-4-8-17)23-16-26(18)22(14-24)10-6-11-25(15-22)21(27)19-9-5-12-28-19/h2-5,7-9,12,16H,6,10-11,13-15H2,1H3. The maximum Gasteiger partial charge on any atom is 0.263 e. The Morgan fingerprint density at radius 1 is 1.14 bits per heavy atom. The molecule has 28 heavy (non-hydrogen) atoms. The van der Waals surface area contributed by atoms with Crippen LogP contribution < -0.4 is 0 Å². The zero-order valence-corrected chi connectivity index (χ0v) is 16.9. The van der Waals surface area contributed by atoms with Crippen LogP contribution in [0.2, 0.25) is 0 Å². The van der Waals surface area contributed by atoms with Gasteiger partial charge >= 0.3 is 0 Å². The van der Waals surface area contributed by atoms with Crippen LogP contribution in [0.25, 0.3) is 11.3 Å². The number of hydrogen-bond acceptors (Lipinski definition) is 4. The van der Waals surface area contributed by atoms with E-state index in [1.165, 1.54) is 17.0 Å². The van der Waals surface area contributed by atoms with Crippen LogP contribution in [0.15, 0.2) is 54.2 Å². The van der Waals surface area contributed by atoms with Gasteiger partial charge < -0.3 is 9.47 Å². The monoisotopic (exact) mass is 392 g/mol.